The lowest BCUT2D eigenvalue weighted by Gasteiger charge is -2.29. The highest BCUT2D eigenvalue weighted by Crippen LogP contribution is 2.32. The number of hydrogen-bond acceptors (Lipinski definition) is 13. The Labute approximate surface area is 631 Å². The molecule has 99 heavy (non-hydrogen) atoms. The first-order valence-electron chi connectivity index (χ1n) is 31.2. The molecule has 522 valence electrons. The van der Waals surface area contributed by atoms with Crippen molar-refractivity contribution in [2.24, 2.45) is 10.1 Å². The smallest absolute Gasteiger partial charge is 0.255 e. The van der Waals surface area contributed by atoms with Gasteiger partial charge >= 0.3 is 0 Å². The van der Waals surface area contributed by atoms with E-state index in [4.69, 9.17) is 92.2 Å². The monoisotopic (exact) mass is 1530 g/mol. The fraction of sp³-hybridized carbons (Fsp3) is 0.297. The van der Waals surface area contributed by atoms with Gasteiger partial charge in [-0.05, 0) is 200 Å². The lowest BCUT2D eigenvalue weighted by Crippen LogP contribution is -2.52. The van der Waals surface area contributed by atoms with E-state index in [1.54, 1.807) is 15.9 Å². The van der Waals surface area contributed by atoms with Gasteiger partial charge in [0.2, 0.25) is 23.6 Å². The number of nitrogens with two attached hydrogens (primary N) is 1. The number of aryl methyl sites for hydroxylation is 7. The van der Waals surface area contributed by atoms with Crippen molar-refractivity contribution in [2.45, 2.75) is 137 Å². The molecule has 7 N–H and O–H groups in total. The number of imide groups is 2. The second-order valence-electron chi connectivity index (χ2n) is 24.1. The number of fused-ring (bicyclic) bond motifs is 2. The molecule has 0 spiro atoms. The van der Waals surface area contributed by atoms with Gasteiger partial charge in [0.25, 0.3) is 11.8 Å². The predicted molar refractivity (Wildman–Crippen MR) is 415 cm³/mol. The minimum Gasteiger partial charge on any atom is -0.393 e. The highest BCUT2D eigenvalue weighted by molar-refractivity contribution is 8.13. The number of benzene rings is 7. The molecule has 0 radical (unpaired) electrons. The van der Waals surface area contributed by atoms with Crippen molar-refractivity contribution >= 4 is 182 Å². The Morgan fingerprint density at radius 3 is 1.16 bits per heavy atom. The molecule has 2 fully saturated rings. The quantitative estimate of drug-likeness (QED) is 0.0218. The van der Waals surface area contributed by atoms with Crippen LogP contribution in [0.2, 0.25) is 25.1 Å². The van der Waals surface area contributed by atoms with Gasteiger partial charge in [-0.25, -0.2) is 0 Å². The van der Waals surface area contributed by atoms with Gasteiger partial charge in [0.15, 0.2) is 0 Å². The molecule has 0 bridgehead atoms. The van der Waals surface area contributed by atoms with Gasteiger partial charge in [0, 0.05) is 112 Å². The van der Waals surface area contributed by atoms with E-state index in [1.165, 1.54) is 11.8 Å². The second kappa shape index (κ2) is 39.3. The maximum atomic E-state index is 12.8. The molecule has 7 aromatic rings. The Bertz CT molecular complexity index is 4060. The minimum absolute atomic E-state index is 0. The SMILES string of the molecule is CSC(=N)Cc1ccc(C)c(Cl)c1.Cc1ccc(CC(=N)CCc2ccc3c(c2)CN(C2CCC(=O)NC2=O)C3=O)cc1Cl.Cc1ccc(CC(=N)CCc2ccc3c(c2)CN(C2CCC(=O)NC2=O)C3=O)cc1Cl.Cc1ccc(CC(N)=S)cc1Cl.Cc1ccc(N=S)cc1Cl.Cl.Cl. The van der Waals surface area contributed by atoms with Crippen LogP contribution in [-0.4, -0.2) is 85.0 Å². The third-order valence-corrected chi connectivity index (χ3v) is 19.7. The lowest BCUT2D eigenvalue weighted by atomic mass is 9.99. The Hall–Kier alpha value is -6.94. The Morgan fingerprint density at radius 2 is 0.838 bits per heavy atom. The van der Waals surface area contributed by atoms with Crippen molar-refractivity contribution in [1.29, 1.82) is 16.2 Å². The standard InChI is InChI=1S/2C24H24ClN3O3.C10H12ClNS.C9H10ClNS.C7H6ClNS.2ClH/c2*1-14-2-3-16(12-20(14)25)11-18(26)6-4-15-5-7-19-17(10-15)13-28(24(19)31)21-8-9-22(29)27-23(21)30;1-7-3-4-8(5-9(7)11)6-10(12)13-2;1-6-2-3-7(4-8(6)10)5-9(11)12;1-5-2-3-6(9-10)4-7(5)8;;/h2*2-3,5,7,10,12,21,26H,4,6,8-9,11,13H2,1H3,(H,27,29,30);3-5,12H,6H2,1-2H3;2-4H,5H2,1H3,(H2,11,12);2-4H,1H3;2*1H. The van der Waals surface area contributed by atoms with Gasteiger partial charge in [-0.1, -0.05) is 149 Å². The summed E-state index contributed by atoms with van der Waals surface area (Å²) in [6.45, 7) is 10.5. The van der Waals surface area contributed by atoms with E-state index < -0.39 is 23.9 Å². The van der Waals surface area contributed by atoms with E-state index >= 15 is 0 Å². The molecule has 4 aliphatic heterocycles. The highest BCUT2D eigenvalue weighted by Gasteiger charge is 2.40. The van der Waals surface area contributed by atoms with Gasteiger partial charge in [0.05, 0.1) is 15.7 Å². The average Bonchev–Trinajstić information content (AvgIpc) is 1.64. The van der Waals surface area contributed by atoms with Crippen molar-refractivity contribution in [2.75, 3.05) is 6.26 Å². The molecular weight excluding hydrogens is 1460 g/mol. The van der Waals surface area contributed by atoms with Crippen LogP contribution in [0.4, 0.5) is 5.69 Å². The van der Waals surface area contributed by atoms with Crippen LogP contribution >= 0.6 is 107 Å². The molecule has 11 rings (SSSR count). The summed E-state index contributed by atoms with van der Waals surface area (Å²) in [5, 5.41) is 33.1. The van der Waals surface area contributed by atoms with E-state index in [-0.39, 0.29) is 61.3 Å². The molecule has 7 aromatic carbocycles. The van der Waals surface area contributed by atoms with Crippen LogP contribution in [0.3, 0.4) is 0 Å². The van der Waals surface area contributed by atoms with E-state index in [9.17, 15) is 28.8 Å². The molecule has 2 saturated heterocycles. The number of halogens is 7. The van der Waals surface area contributed by atoms with Crippen LogP contribution in [0.1, 0.15) is 132 Å². The number of amides is 6. The first kappa shape index (κ1) is 82.7. The minimum atomic E-state index is -0.601. The van der Waals surface area contributed by atoms with Gasteiger partial charge in [-0.15, -0.1) is 36.6 Å². The lowest BCUT2D eigenvalue weighted by molar-refractivity contribution is -0.138. The zero-order valence-corrected chi connectivity index (χ0v) is 63.3. The maximum Gasteiger partial charge on any atom is 0.255 e. The molecule has 15 nitrogen and oxygen atoms in total. The van der Waals surface area contributed by atoms with Crippen LogP contribution in [0, 0.1) is 50.8 Å². The van der Waals surface area contributed by atoms with Crippen molar-refractivity contribution in [3.05, 3.63) is 236 Å². The molecule has 2 atom stereocenters. The average molecular weight is 1530 g/mol. The first-order chi connectivity index (χ1) is 46.1. The predicted octanol–water partition coefficient (Wildman–Crippen LogP) is 17.1. The fourth-order valence-corrected chi connectivity index (χ4v) is 12.5. The number of nitrogens with zero attached hydrogens (tertiary/aromatic N) is 3. The van der Waals surface area contributed by atoms with E-state index in [2.05, 4.69) is 27.4 Å². The summed E-state index contributed by atoms with van der Waals surface area (Å²) in [6, 6.07) is 39.3. The number of thiocarbonyl (C=S) groups is 1. The third kappa shape index (κ3) is 24.4. The van der Waals surface area contributed by atoms with Gasteiger partial charge in [-0.2, -0.15) is 4.36 Å². The van der Waals surface area contributed by atoms with Crippen molar-refractivity contribution in [1.82, 2.24) is 20.4 Å². The molecular formula is C74H78Cl7N9O6S3. The number of hydrogen-bond donors (Lipinski definition) is 6. The van der Waals surface area contributed by atoms with E-state index in [0.29, 0.717) is 125 Å². The number of carbonyl (C=O) groups excluding carboxylic acids is 6. The van der Waals surface area contributed by atoms with Crippen LogP contribution in [0.5, 0.6) is 0 Å². The Kier molecular flexibility index (Phi) is 32.9. The number of rotatable bonds is 17. The fourth-order valence-electron chi connectivity index (χ4n) is 10.9. The van der Waals surface area contributed by atoms with Gasteiger partial charge < -0.3 is 26.4 Å². The summed E-state index contributed by atoms with van der Waals surface area (Å²) >= 11 is 40.8. The molecule has 0 aliphatic carbocycles. The van der Waals surface area contributed by atoms with E-state index in [0.717, 1.165) is 88.1 Å². The van der Waals surface area contributed by atoms with Crippen LogP contribution in [0.25, 0.3) is 0 Å². The number of piperidine rings is 2. The largest absolute Gasteiger partial charge is 0.393 e. The zero-order valence-electron chi connectivity index (χ0n) is 55.5. The van der Waals surface area contributed by atoms with Gasteiger partial charge in [0.1, 0.15) is 12.1 Å². The van der Waals surface area contributed by atoms with Crippen LogP contribution in [0.15, 0.2) is 132 Å². The number of nitrogens with one attached hydrogen (secondary N) is 5. The summed E-state index contributed by atoms with van der Waals surface area (Å²) in [6.07, 6.45) is 8.20. The van der Waals surface area contributed by atoms with Gasteiger partial charge in [-0.3, -0.25) is 44.8 Å². The second-order valence-corrected chi connectivity index (χ2v) is 27.8. The van der Waals surface area contributed by atoms with Crippen LogP contribution < -0.4 is 16.4 Å². The maximum absolute atomic E-state index is 12.8. The molecule has 2 unspecified atom stereocenters. The van der Waals surface area contributed by atoms with E-state index in [1.807, 2.05) is 162 Å². The van der Waals surface area contributed by atoms with Crippen molar-refractivity contribution in [3.8, 4) is 0 Å². The van der Waals surface area contributed by atoms with Crippen LogP contribution in [-0.2, 0) is 83.2 Å². The molecule has 0 saturated carbocycles. The summed E-state index contributed by atoms with van der Waals surface area (Å²) in [7, 11) is 0. The summed E-state index contributed by atoms with van der Waals surface area (Å²) in [5.74, 6) is -1.71. The topological polar surface area (TPSA) is 243 Å². The number of carbonyl (C=O) groups is 6. The first-order valence-corrected chi connectivity index (χ1v) is 35.1. The van der Waals surface area contributed by atoms with Crippen molar-refractivity contribution in [3.63, 3.8) is 0 Å². The number of thioether (sulfide) groups is 1. The molecule has 6 amide bonds. The summed E-state index contributed by atoms with van der Waals surface area (Å²) in [5.41, 5.74) is 22.0. The summed E-state index contributed by atoms with van der Waals surface area (Å²) in [4.78, 5) is 76.3. The Morgan fingerprint density at radius 1 is 0.505 bits per heavy atom. The third-order valence-electron chi connectivity index (χ3n) is 16.6. The molecule has 25 heteroatoms. The summed E-state index contributed by atoms with van der Waals surface area (Å²) < 4.78 is 3.57. The zero-order chi connectivity index (χ0) is 70.8. The normalized spacial score (nSPS) is 14.9. The molecule has 4 aliphatic rings. The van der Waals surface area contributed by atoms with Crippen molar-refractivity contribution < 1.29 is 28.8 Å². The molecule has 0 aromatic heterocycles. The highest BCUT2D eigenvalue weighted by atomic mass is 35.5. The molecule has 4 heterocycles. The Balaban J connectivity index is 0.000000241.